The Kier molecular flexibility index (Phi) is 10.7. The summed E-state index contributed by atoms with van der Waals surface area (Å²) in [5.74, 6) is 0. The molecule has 0 aliphatic rings. The molecule has 12 rings (SSSR count). The second kappa shape index (κ2) is 17.3. The maximum Gasteiger partial charge on any atom is 0.197 e. The van der Waals surface area contributed by atoms with E-state index in [9.17, 15) is 0 Å². The molecule has 0 fully saturated rings. The Morgan fingerprint density at radius 2 is 0.597 bits per heavy atom. The van der Waals surface area contributed by atoms with Crippen LogP contribution in [0, 0.1) is 62.0 Å². The smallest absolute Gasteiger partial charge is 0.197 e. The Morgan fingerprint density at radius 3 is 0.889 bits per heavy atom. The summed E-state index contributed by atoms with van der Waals surface area (Å²) >= 11 is 0. The number of hydrogen-bond donors (Lipinski definition) is 0. The highest BCUT2D eigenvalue weighted by Gasteiger charge is 2.24. The van der Waals surface area contributed by atoms with Gasteiger partial charge in [-0.15, -0.1) is 0 Å². The Hall–Kier alpha value is -8.78. The van der Waals surface area contributed by atoms with Gasteiger partial charge in [-0.05, 0) is 184 Å². The molecule has 0 bridgehead atoms. The van der Waals surface area contributed by atoms with Crippen molar-refractivity contribution in [1.82, 2.24) is 14.1 Å². The molecule has 4 nitrogen and oxygen atoms in total. The third kappa shape index (κ3) is 7.75. The van der Waals surface area contributed by atoms with Gasteiger partial charge >= 0.3 is 0 Å². The summed E-state index contributed by atoms with van der Waals surface area (Å²) in [6, 6.07) is 63.4. The molecule has 72 heavy (non-hydrogen) atoms. The zero-order valence-electron chi connectivity index (χ0n) is 42.1. The molecule has 3 aromatic heterocycles. The van der Waals surface area contributed by atoms with E-state index in [1.165, 1.54) is 89.0 Å². The minimum Gasteiger partial charge on any atom is -0.308 e. The second-order valence-electron chi connectivity index (χ2n) is 20.3. The van der Waals surface area contributed by atoms with Gasteiger partial charge in [-0.3, -0.25) is 4.98 Å². The summed E-state index contributed by atoms with van der Waals surface area (Å²) in [6.45, 7) is 26.2. The van der Waals surface area contributed by atoms with Gasteiger partial charge < -0.3 is 9.13 Å². The standard InChI is InChI=1S/C68H54N4/c1-40-22-41(2)27-53(26-40)49-10-14-63-58(34-49)59-35-50(54-28-42(3)23-43(4)29-54)11-15-64(59)71(63)67-38-57(48-18-20-70-21-19-48)62(69-9)39-68(67)72-65-16-12-51(55-30-44(5)24-45(6)31-55)36-60(65)61-37-52(13-17-66(61)72)56-32-46(7)25-47(8)33-56/h10-39H,1-8H3. The molecule has 0 saturated heterocycles. The Labute approximate surface area is 422 Å². The SMILES string of the molecule is [C-]#[N+]c1cc(-n2c3ccc(-c4cc(C)cc(C)c4)cc3c3cc(-c4cc(C)cc(C)c4)ccc32)c(-n2c3ccc(-c4cc(C)cc(C)c4)cc3c3cc(-c4cc(C)cc(C)c4)ccc32)cc1-c1ccncc1. The average Bonchev–Trinajstić information content (AvgIpc) is 3.86. The van der Waals surface area contributed by atoms with Crippen LogP contribution < -0.4 is 0 Å². The number of nitrogens with zero attached hydrogens (tertiary/aromatic N) is 4. The van der Waals surface area contributed by atoms with E-state index in [1.807, 2.05) is 24.5 Å². The van der Waals surface area contributed by atoms with Gasteiger partial charge in [0.25, 0.3) is 0 Å². The van der Waals surface area contributed by atoms with E-state index in [4.69, 9.17) is 6.57 Å². The molecule has 9 aromatic carbocycles. The van der Waals surface area contributed by atoms with E-state index >= 15 is 0 Å². The highest BCUT2D eigenvalue weighted by atomic mass is 15.1. The predicted octanol–water partition coefficient (Wildman–Crippen LogP) is 18.6. The Morgan fingerprint density at radius 1 is 0.306 bits per heavy atom. The van der Waals surface area contributed by atoms with Crippen molar-refractivity contribution in [2.24, 2.45) is 0 Å². The number of benzene rings is 9. The van der Waals surface area contributed by atoms with Gasteiger partial charge in [0.2, 0.25) is 0 Å². The molecular weight excluding hydrogens is 873 g/mol. The first-order valence-electron chi connectivity index (χ1n) is 24.8. The van der Waals surface area contributed by atoms with Crippen LogP contribution in [-0.2, 0) is 0 Å². The molecule has 0 atom stereocenters. The molecule has 0 N–H and O–H groups in total. The minimum atomic E-state index is 0.573. The summed E-state index contributed by atoms with van der Waals surface area (Å²) in [5.41, 5.74) is 28.0. The van der Waals surface area contributed by atoms with E-state index in [-0.39, 0.29) is 0 Å². The van der Waals surface area contributed by atoms with Crippen LogP contribution in [0.15, 0.2) is 182 Å². The highest BCUT2D eigenvalue weighted by Crippen LogP contribution is 2.46. The summed E-state index contributed by atoms with van der Waals surface area (Å²) in [5, 5.41) is 4.63. The molecule has 346 valence electrons. The van der Waals surface area contributed by atoms with Crippen molar-refractivity contribution in [1.29, 1.82) is 0 Å². The summed E-state index contributed by atoms with van der Waals surface area (Å²) < 4.78 is 4.85. The second-order valence-corrected chi connectivity index (χ2v) is 20.3. The van der Waals surface area contributed by atoms with Crippen LogP contribution >= 0.6 is 0 Å². The molecule has 0 spiro atoms. The van der Waals surface area contributed by atoms with Gasteiger partial charge in [0.1, 0.15) is 0 Å². The van der Waals surface area contributed by atoms with E-state index in [1.54, 1.807) is 0 Å². The van der Waals surface area contributed by atoms with Crippen molar-refractivity contribution < 1.29 is 0 Å². The van der Waals surface area contributed by atoms with E-state index in [0.29, 0.717) is 5.69 Å². The molecule has 4 heteroatoms. The van der Waals surface area contributed by atoms with Gasteiger partial charge in [0.05, 0.1) is 40.0 Å². The topological polar surface area (TPSA) is 27.1 Å². The highest BCUT2D eigenvalue weighted by molar-refractivity contribution is 6.14. The quantitative estimate of drug-likeness (QED) is 0.146. The van der Waals surface area contributed by atoms with E-state index in [2.05, 4.69) is 232 Å². The average molecular weight is 927 g/mol. The van der Waals surface area contributed by atoms with Crippen molar-refractivity contribution in [3.05, 3.63) is 238 Å². The predicted molar refractivity (Wildman–Crippen MR) is 304 cm³/mol. The van der Waals surface area contributed by atoms with Crippen LogP contribution in [0.3, 0.4) is 0 Å². The summed E-state index contributed by atoms with van der Waals surface area (Å²) in [6.07, 6.45) is 3.63. The van der Waals surface area contributed by atoms with Gasteiger partial charge in [0, 0.05) is 33.9 Å². The summed E-state index contributed by atoms with van der Waals surface area (Å²) in [7, 11) is 0. The fraction of sp³-hybridized carbons (Fsp3) is 0.118. The first-order chi connectivity index (χ1) is 34.8. The van der Waals surface area contributed by atoms with Gasteiger partial charge in [0.15, 0.2) is 5.69 Å². The van der Waals surface area contributed by atoms with Crippen LogP contribution in [0.2, 0.25) is 0 Å². The number of aromatic nitrogens is 3. The first-order valence-corrected chi connectivity index (χ1v) is 24.8. The summed E-state index contributed by atoms with van der Waals surface area (Å²) in [4.78, 5) is 8.68. The lowest BCUT2D eigenvalue weighted by atomic mass is 9.97. The Bertz CT molecular complexity index is 3950. The zero-order chi connectivity index (χ0) is 49.5. The molecule has 0 radical (unpaired) electrons. The fourth-order valence-electron chi connectivity index (χ4n) is 11.6. The first kappa shape index (κ1) is 44.4. The molecule has 3 heterocycles. The van der Waals surface area contributed by atoms with E-state index in [0.717, 1.165) is 66.1 Å². The van der Waals surface area contributed by atoms with Crippen LogP contribution in [0.1, 0.15) is 44.5 Å². The zero-order valence-corrected chi connectivity index (χ0v) is 42.1. The fourth-order valence-corrected chi connectivity index (χ4v) is 11.6. The molecule has 0 saturated carbocycles. The monoisotopic (exact) mass is 926 g/mol. The number of hydrogen-bond acceptors (Lipinski definition) is 1. The van der Waals surface area contributed by atoms with Crippen LogP contribution in [0.25, 0.3) is 115 Å². The normalized spacial score (nSPS) is 11.6. The molecule has 0 aliphatic heterocycles. The third-order valence-electron chi connectivity index (χ3n) is 14.4. The van der Waals surface area contributed by atoms with Crippen molar-refractivity contribution in [3.8, 4) is 67.0 Å². The lowest BCUT2D eigenvalue weighted by Gasteiger charge is -2.20. The molecule has 0 unspecified atom stereocenters. The van der Waals surface area contributed by atoms with Gasteiger partial charge in [-0.1, -0.05) is 142 Å². The van der Waals surface area contributed by atoms with Crippen molar-refractivity contribution in [2.45, 2.75) is 55.4 Å². The van der Waals surface area contributed by atoms with E-state index < -0.39 is 0 Å². The maximum absolute atomic E-state index is 8.77. The van der Waals surface area contributed by atoms with Crippen molar-refractivity contribution in [3.63, 3.8) is 0 Å². The van der Waals surface area contributed by atoms with Crippen molar-refractivity contribution in [2.75, 3.05) is 0 Å². The number of fused-ring (bicyclic) bond motifs is 6. The third-order valence-corrected chi connectivity index (χ3v) is 14.4. The van der Waals surface area contributed by atoms with Crippen LogP contribution in [0.4, 0.5) is 5.69 Å². The molecule has 12 aromatic rings. The lowest BCUT2D eigenvalue weighted by molar-refractivity contribution is 1.10. The number of aryl methyl sites for hydroxylation is 8. The van der Waals surface area contributed by atoms with Gasteiger partial charge in [-0.2, -0.15) is 0 Å². The number of rotatable bonds is 7. The Balaban J connectivity index is 1.20. The van der Waals surface area contributed by atoms with Gasteiger partial charge in [-0.25, -0.2) is 4.85 Å². The van der Waals surface area contributed by atoms with Crippen LogP contribution in [-0.4, -0.2) is 14.1 Å². The molecular formula is C68H54N4. The molecule has 0 aliphatic carbocycles. The lowest BCUT2D eigenvalue weighted by Crippen LogP contribution is -2.04. The number of pyridine rings is 1. The van der Waals surface area contributed by atoms with Crippen LogP contribution in [0.5, 0.6) is 0 Å². The largest absolute Gasteiger partial charge is 0.308 e. The van der Waals surface area contributed by atoms with Crippen molar-refractivity contribution >= 4 is 49.3 Å². The molecule has 0 amide bonds. The maximum atomic E-state index is 8.77. The minimum absolute atomic E-state index is 0.573.